The first-order valence-electron chi connectivity index (χ1n) is 6.70. The van der Waals surface area contributed by atoms with Gasteiger partial charge in [0.15, 0.2) is 0 Å². The molecule has 1 saturated carbocycles. The quantitative estimate of drug-likeness (QED) is 0.847. The molecule has 0 atom stereocenters. The van der Waals surface area contributed by atoms with Gasteiger partial charge < -0.3 is 15.3 Å². The first-order valence-corrected chi connectivity index (χ1v) is 7.58. The molecule has 0 saturated heterocycles. The fourth-order valence-corrected chi connectivity index (χ4v) is 3.01. The third-order valence-electron chi connectivity index (χ3n) is 3.24. The van der Waals surface area contributed by atoms with Gasteiger partial charge in [-0.1, -0.05) is 0 Å². The van der Waals surface area contributed by atoms with Crippen molar-refractivity contribution in [1.29, 1.82) is 0 Å². The summed E-state index contributed by atoms with van der Waals surface area (Å²) in [6.07, 6.45) is 2.37. The van der Waals surface area contributed by atoms with Crippen molar-refractivity contribution in [2.45, 2.75) is 25.8 Å². The second-order valence-corrected chi connectivity index (χ2v) is 5.58. The van der Waals surface area contributed by atoms with Gasteiger partial charge in [-0.15, -0.1) is 11.3 Å². The highest BCUT2D eigenvalue weighted by atomic mass is 32.1. The Labute approximate surface area is 116 Å². The summed E-state index contributed by atoms with van der Waals surface area (Å²) in [6.45, 7) is 3.63. The Morgan fingerprint density at radius 1 is 1.47 bits per heavy atom. The van der Waals surface area contributed by atoms with E-state index in [9.17, 15) is 5.11 Å². The van der Waals surface area contributed by atoms with Crippen molar-refractivity contribution >= 4 is 33.3 Å². The fraction of sp³-hybridized carbons (Fsp3) is 0.538. The number of nitrogens with one attached hydrogen (secondary N) is 1. The SMILES string of the molecule is CCNc1nc(N(CCO)C2CC2)c2ccsc2n1. The highest BCUT2D eigenvalue weighted by Gasteiger charge is 2.31. The molecule has 0 spiro atoms. The molecule has 1 aliphatic rings. The summed E-state index contributed by atoms with van der Waals surface area (Å²) < 4.78 is 0. The van der Waals surface area contributed by atoms with Crippen LogP contribution in [0.25, 0.3) is 10.2 Å². The summed E-state index contributed by atoms with van der Waals surface area (Å²) in [5.74, 6) is 1.63. The van der Waals surface area contributed by atoms with Crippen LogP contribution in [0.15, 0.2) is 11.4 Å². The largest absolute Gasteiger partial charge is 0.395 e. The molecule has 0 amide bonds. The lowest BCUT2D eigenvalue weighted by Gasteiger charge is -2.23. The average Bonchev–Trinajstić information content (AvgIpc) is 3.13. The van der Waals surface area contributed by atoms with Gasteiger partial charge in [0.1, 0.15) is 10.6 Å². The predicted octanol–water partition coefficient (Wildman–Crippen LogP) is 2.08. The molecule has 19 heavy (non-hydrogen) atoms. The van der Waals surface area contributed by atoms with Gasteiger partial charge in [0.25, 0.3) is 0 Å². The van der Waals surface area contributed by atoms with Crippen molar-refractivity contribution < 1.29 is 5.11 Å². The van der Waals surface area contributed by atoms with Crippen LogP contribution in [-0.4, -0.2) is 40.8 Å². The zero-order chi connectivity index (χ0) is 13.2. The normalized spacial score (nSPS) is 14.8. The van der Waals surface area contributed by atoms with Crippen LogP contribution < -0.4 is 10.2 Å². The van der Waals surface area contributed by atoms with Crippen LogP contribution in [0.4, 0.5) is 11.8 Å². The molecule has 3 rings (SSSR count). The van der Waals surface area contributed by atoms with Crippen molar-refractivity contribution in [2.75, 3.05) is 29.9 Å². The summed E-state index contributed by atoms with van der Waals surface area (Å²) in [7, 11) is 0. The smallest absolute Gasteiger partial charge is 0.226 e. The number of nitrogens with zero attached hydrogens (tertiary/aromatic N) is 3. The number of rotatable bonds is 6. The van der Waals surface area contributed by atoms with Gasteiger partial charge in [0.2, 0.25) is 5.95 Å². The van der Waals surface area contributed by atoms with E-state index in [1.807, 2.05) is 12.3 Å². The number of fused-ring (bicyclic) bond motifs is 1. The molecule has 0 aromatic carbocycles. The zero-order valence-electron chi connectivity index (χ0n) is 11.0. The average molecular weight is 278 g/mol. The molecule has 2 aromatic rings. The number of hydrogen-bond acceptors (Lipinski definition) is 6. The lowest BCUT2D eigenvalue weighted by molar-refractivity contribution is 0.301. The topological polar surface area (TPSA) is 61.3 Å². The summed E-state index contributed by atoms with van der Waals surface area (Å²) in [4.78, 5) is 12.4. The third-order valence-corrected chi connectivity index (χ3v) is 4.05. The minimum atomic E-state index is 0.155. The van der Waals surface area contributed by atoms with E-state index in [4.69, 9.17) is 0 Å². The predicted molar refractivity (Wildman–Crippen MR) is 79.0 cm³/mol. The Hall–Kier alpha value is -1.40. The zero-order valence-corrected chi connectivity index (χ0v) is 11.8. The molecule has 0 radical (unpaired) electrons. The molecule has 0 bridgehead atoms. The molecule has 2 N–H and O–H groups in total. The number of aliphatic hydroxyl groups is 1. The van der Waals surface area contributed by atoms with E-state index >= 15 is 0 Å². The summed E-state index contributed by atoms with van der Waals surface area (Å²) in [5.41, 5.74) is 0. The van der Waals surface area contributed by atoms with Crippen LogP contribution in [-0.2, 0) is 0 Å². The van der Waals surface area contributed by atoms with Crippen LogP contribution in [0.5, 0.6) is 0 Å². The third kappa shape index (κ3) is 2.50. The van der Waals surface area contributed by atoms with Crippen LogP contribution in [0, 0.1) is 0 Å². The van der Waals surface area contributed by atoms with Crippen molar-refractivity contribution in [3.05, 3.63) is 11.4 Å². The van der Waals surface area contributed by atoms with E-state index in [2.05, 4.69) is 26.3 Å². The molecule has 0 unspecified atom stereocenters. The molecule has 102 valence electrons. The maximum atomic E-state index is 9.27. The van der Waals surface area contributed by atoms with E-state index in [-0.39, 0.29) is 6.61 Å². The fourth-order valence-electron chi connectivity index (χ4n) is 2.25. The van der Waals surface area contributed by atoms with Gasteiger partial charge in [0, 0.05) is 19.1 Å². The van der Waals surface area contributed by atoms with Gasteiger partial charge in [-0.25, -0.2) is 4.98 Å². The Bertz CT molecular complexity index is 567. The number of thiophene rings is 1. The van der Waals surface area contributed by atoms with E-state index in [1.54, 1.807) is 11.3 Å². The lowest BCUT2D eigenvalue weighted by Crippen LogP contribution is -2.30. The number of anilines is 2. The number of aromatic nitrogens is 2. The molecular weight excluding hydrogens is 260 g/mol. The van der Waals surface area contributed by atoms with Crippen LogP contribution in [0.1, 0.15) is 19.8 Å². The van der Waals surface area contributed by atoms with Crippen molar-refractivity contribution in [2.24, 2.45) is 0 Å². The maximum Gasteiger partial charge on any atom is 0.226 e. The van der Waals surface area contributed by atoms with E-state index in [1.165, 1.54) is 12.8 Å². The van der Waals surface area contributed by atoms with Gasteiger partial charge in [0.05, 0.1) is 12.0 Å². The van der Waals surface area contributed by atoms with Gasteiger partial charge in [-0.3, -0.25) is 0 Å². The Morgan fingerprint density at radius 3 is 3.00 bits per heavy atom. The summed E-state index contributed by atoms with van der Waals surface area (Å²) in [5, 5.41) is 15.6. The van der Waals surface area contributed by atoms with Crippen LogP contribution >= 0.6 is 11.3 Å². The Kier molecular flexibility index (Phi) is 3.52. The molecule has 2 aromatic heterocycles. The Balaban J connectivity index is 2.05. The molecule has 6 heteroatoms. The highest BCUT2D eigenvalue weighted by Crippen LogP contribution is 2.35. The first-order chi connectivity index (χ1) is 9.33. The molecule has 1 aliphatic carbocycles. The molecule has 5 nitrogen and oxygen atoms in total. The second-order valence-electron chi connectivity index (χ2n) is 4.69. The maximum absolute atomic E-state index is 9.27. The molecular formula is C13H18N4OS. The first kappa shape index (κ1) is 12.6. The minimum absolute atomic E-state index is 0.155. The van der Waals surface area contributed by atoms with Crippen LogP contribution in [0.3, 0.4) is 0 Å². The Morgan fingerprint density at radius 2 is 2.32 bits per heavy atom. The van der Waals surface area contributed by atoms with Crippen molar-refractivity contribution in [3.63, 3.8) is 0 Å². The molecule has 0 aliphatic heterocycles. The van der Waals surface area contributed by atoms with Crippen molar-refractivity contribution in [3.8, 4) is 0 Å². The molecule has 1 fully saturated rings. The van der Waals surface area contributed by atoms with E-state index in [0.717, 1.165) is 22.6 Å². The minimum Gasteiger partial charge on any atom is -0.395 e. The second kappa shape index (κ2) is 5.30. The standard InChI is InChI=1S/C13H18N4OS/c1-2-14-13-15-11(10-5-8-19-12(10)16-13)17(6-7-18)9-3-4-9/h5,8-9,18H,2-4,6-7H2,1H3,(H,14,15,16). The summed E-state index contributed by atoms with van der Waals surface area (Å²) >= 11 is 1.63. The highest BCUT2D eigenvalue weighted by molar-refractivity contribution is 7.16. The van der Waals surface area contributed by atoms with Gasteiger partial charge in [-0.2, -0.15) is 4.98 Å². The van der Waals surface area contributed by atoms with Crippen molar-refractivity contribution in [1.82, 2.24) is 9.97 Å². The monoisotopic (exact) mass is 278 g/mol. The number of aliphatic hydroxyl groups excluding tert-OH is 1. The van der Waals surface area contributed by atoms with E-state index < -0.39 is 0 Å². The van der Waals surface area contributed by atoms with Crippen LogP contribution in [0.2, 0.25) is 0 Å². The number of hydrogen-bond donors (Lipinski definition) is 2. The summed E-state index contributed by atoms with van der Waals surface area (Å²) in [6, 6.07) is 2.59. The van der Waals surface area contributed by atoms with Gasteiger partial charge in [-0.05, 0) is 31.2 Å². The van der Waals surface area contributed by atoms with Gasteiger partial charge >= 0.3 is 0 Å². The molecule has 2 heterocycles. The van der Waals surface area contributed by atoms with E-state index in [0.29, 0.717) is 18.5 Å². The lowest BCUT2D eigenvalue weighted by atomic mass is 10.3.